The van der Waals surface area contributed by atoms with Crippen molar-refractivity contribution < 1.29 is 9.11 Å². The monoisotopic (exact) mass is 192 g/mol. The van der Waals surface area contributed by atoms with Gasteiger partial charge >= 0.3 is 0 Å². The molecular weight excluding hydrogens is 184 g/mol. The second-order valence-corrected chi connectivity index (χ2v) is 4.77. The third kappa shape index (κ3) is 2.10. The van der Waals surface area contributed by atoms with Crippen molar-refractivity contribution in [3.05, 3.63) is 30.3 Å². The van der Waals surface area contributed by atoms with E-state index in [9.17, 15) is 9.11 Å². The Morgan fingerprint density at radius 3 is 2.18 bits per heavy atom. The zero-order valence-electron chi connectivity index (χ0n) is 5.77. The summed E-state index contributed by atoms with van der Waals surface area (Å²) < 4.78 is 18.6. The summed E-state index contributed by atoms with van der Waals surface area (Å²) in [6, 6.07) is 8.61. The zero-order valence-corrected chi connectivity index (χ0v) is 7.35. The molecule has 0 unspecified atom stereocenters. The normalized spacial score (nSPS) is 13.0. The molecule has 2 N–H and O–H groups in total. The van der Waals surface area contributed by atoms with Gasteiger partial charge in [0.25, 0.3) is 0 Å². The Kier molecular flexibility index (Phi) is 2.78. The number of halogens is 1. The lowest BCUT2D eigenvalue weighted by Gasteiger charge is -2.29. The highest BCUT2D eigenvalue weighted by atomic mass is 35.5. The molecule has 11 heavy (non-hydrogen) atoms. The van der Waals surface area contributed by atoms with Crippen LogP contribution >= 0.6 is 22.2 Å². The standard InChI is InChI=1S/C7H9ClO2S/c8-6-11(9,10)7-4-2-1-3-5-7/h1-5,9-10H,6H2. The SMILES string of the molecule is OS(O)(CCl)c1ccccc1. The Morgan fingerprint density at radius 1 is 1.18 bits per heavy atom. The number of alkyl halides is 1. The van der Waals surface area contributed by atoms with E-state index in [-0.39, 0.29) is 5.21 Å². The molecule has 0 heterocycles. The molecule has 0 spiro atoms. The first-order valence-electron chi connectivity index (χ1n) is 3.04. The zero-order chi connectivity index (χ0) is 8.32. The third-order valence-electron chi connectivity index (χ3n) is 1.27. The number of hydrogen-bond acceptors (Lipinski definition) is 2. The maximum absolute atomic E-state index is 9.30. The van der Waals surface area contributed by atoms with Crippen molar-refractivity contribution in [1.29, 1.82) is 0 Å². The van der Waals surface area contributed by atoms with Gasteiger partial charge in [0, 0.05) is 0 Å². The van der Waals surface area contributed by atoms with Crippen LogP contribution < -0.4 is 0 Å². The van der Waals surface area contributed by atoms with E-state index in [0.717, 1.165) is 0 Å². The first-order valence-corrected chi connectivity index (χ1v) is 5.29. The van der Waals surface area contributed by atoms with Crippen LogP contribution in [0.4, 0.5) is 0 Å². The van der Waals surface area contributed by atoms with Gasteiger partial charge < -0.3 is 0 Å². The summed E-state index contributed by atoms with van der Waals surface area (Å²) >= 11 is 5.36. The molecule has 1 rings (SSSR count). The van der Waals surface area contributed by atoms with Crippen molar-refractivity contribution in [2.24, 2.45) is 0 Å². The van der Waals surface area contributed by atoms with Gasteiger partial charge in [0.2, 0.25) is 0 Å². The largest absolute Gasteiger partial charge is 0.294 e. The van der Waals surface area contributed by atoms with Gasteiger partial charge in [0.1, 0.15) is 5.21 Å². The smallest absolute Gasteiger partial charge is 0.116 e. The maximum atomic E-state index is 9.30. The maximum Gasteiger partial charge on any atom is 0.116 e. The Morgan fingerprint density at radius 2 is 1.73 bits per heavy atom. The van der Waals surface area contributed by atoms with Gasteiger partial charge in [0.15, 0.2) is 0 Å². The molecule has 0 aliphatic heterocycles. The Balaban J connectivity index is 2.93. The van der Waals surface area contributed by atoms with E-state index in [1.165, 1.54) is 0 Å². The average molecular weight is 193 g/mol. The minimum atomic E-state index is -2.73. The first-order chi connectivity index (χ1) is 5.17. The summed E-state index contributed by atoms with van der Waals surface area (Å²) in [5.74, 6) is 0. The predicted molar refractivity (Wildman–Crippen MR) is 48.3 cm³/mol. The molecule has 1 aromatic carbocycles. The third-order valence-corrected chi connectivity index (χ3v) is 3.52. The molecular formula is C7H9ClO2S. The van der Waals surface area contributed by atoms with Gasteiger partial charge in [0.05, 0.1) is 4.90 Å². The van der Waals surface area contributed by atoms with Crippen molar-refractivity contribution in [3.8, 4) is 0 Å². The highest BCUT2D eigenvalue weighted by Crippen LogP contribution is 2.48. The van der Waals surface area contributed by atoms with Crippen molar-refractivity contribution in [3.63, 3.8) is 0 Å². The quantitative estimate of drug-likeness (QED) is 0.708. The Hall–Kier alpha value is -0.220. The van der Waals surface area contributed by atoms with E-state index in [2.05, 4.69) is 0 Å². The lowest BCUT2D eigenvalue weighted by molar-refractivity contribution is 0.493. The molecule has 0 aliphatic carbocycles. The molecule has 0 radical (unpaired) electrons. The molecule has 1 aromatic rings. The number of rotatable bonds is 2. The molecule has 62 valence electrons. The second-order valence-electron chi connectivity index (χ2n) is 2.09. The summed E-state index contributed by atoms with van der Waals surface area (Å²) in [7, 11) is -2.73. The molecule has 2 nitrogen and oxygen atoms in total. The van der Waals surface area contributed by atoms with Crippen molar-refractivity contribution in [1.82, 2.24) is 0 Å². The van der Waals surface area contributed by atoms with Crippen LogP contribution in [0.5, 0.6) is 0 Å². The highest BCUT2D eigenvalue weighted by molar-refractivity contribution is 8.25. The van der Waals surface area contributed by atoms with Gasteiger partial charge in [-0.3, -0.25) is 9.11 Å². The average Bonchev–Trinajstić information content (AvgIpc) is 2.06. The van der Waals surface area contributed by atoms with E-state index in [0.29, 0.717) is 4.90 Å². The summed E-state index contributed by atoms with van der Waals surface area (Å²) in [4.78, 5) is 0.495. The van der Waals surface area contributed by atoms with Crippen molar-refractivity contribution >= 4 is 22.2 Å². The minimum absolute atomic E-state index is 0.142. The summed E-state index contributed by atoms with van der Waals surface area (Å²) in [5, 5.41) is -0.142. The van der Waals surface area contributed by atoms with Gasteiger partial charge in [-0.05, 0) is 12.1 Å². The van der Waals surface area contributed by atoms with Gasteiger partial charge in [-0.15, -0.1) is 11.6 Å². The van der Waals surface area contributed by atoms with Crippen LogP contribution in [0, 0.1) is 0 Å². The molecule has 0 saturated heterocycles. The van der Waals surface area contributed by atoms with Crippen LogP contribution in [0.3, 0.4) is 0 Å². The van der Waals surface area contributed by atoms with Crippen LogP contribution in [0.15, 0.2) is 35.2 Å². The van der Waals surface area contributed by atoms with E-state index in [1.807, 2.05) is 6.07 Å². The van der Waals surface area contributed by atoms with E-state index >= 15 is 0 Å². The van der Waals surface area contributed by atoms with Gasteiger partial charge in [-0.1, -0.05) is 18.2 Å². The molecule has 0 atom stereocenters. The lowest BCUT2D eigenvalue weighted by Crippen LogP contribution is -1.98. The first kappa shape index (κ1) is 8.87. The molecule has 4 heteroatoms. The molecule has 0 saturated carbocycles. The minimum Gasteiger partial charge on any atom is -0.294 e. The van der Waals surface area contributed by atoms with E-state index in [1.54, 1.807) is 24.3 Å². The van der Waals surface area contributed by atoms with Crippen LogP contribution in [0.2, 0.25) is 0 Å². The van der Waals surface area contributed by atoms with Crippen LogP contribution in [-0.2, 0) is 0 Å². The summed E-state index contributed by atoms with van der Waals surface area (Å²) in [5.41, 5.74) is 0. The Labute approximate surface area is 72.2 Å². The second kappa shape index (κ2) is 3.45. The van der Waals surface area contributed by atoms with E-state index in [4.69, 9.17) is 11.6 Å². The van der Waals surface area contributed by atoms with Crippen LogP contribution in [0.25, 0.3) is 0 Å². The highest BCUT2D eigenvalue weighted by Gasteiger charge is 2.11. The fourth-order valence-corrected chi connectivity index (χ4v) is 1.80. The van der Waals surface area contributed by atoms with Crippen molar-refractivity contribution in [2.75, 3.05) is 5.21 Å². The molecule has 0 amide bonds. The van der Waals surface area contributed by atoms with Crippen LogP contribution in [-0.4, -0.2) is 14.3 Å². The Bertz CT molecular complexity index is 225. The molecule has 0 bridgehead atoms. The summed E-state index contributed by atoms with van der Waals surface area (Å²) in [6.07, 6.45) is 0. The van der Waals surface area contributed by atoms with Crippen LogP contribution in [0.1, 0.15) is 0 Å². The number of benzene rings is 1. The molecule has 0 aliphatic rings. The van der Waals surface area contributed by atoms with Gasteiger partial charge in [-0.25, -0.2) is 0 Å². The molecule has 0 aromatic heterocycles. The van der Waals surface area contributed by atoms with Gasteiger partial charge in [-0.2, -0.15) is 10.6 Å². The fourth-order valence-electron chi connectivity index (χ4n) is 0.701. The lowest BCUT2D eigenvalue weighted by atomic mass is 10.4. The number of hydrogen-bond donors (Lipinski definition) is 2. The predicted octanol–water partition coefficient (Wildman–Crippen LogP) is 2.99. The van der Waals surface area contributed by atoms with E-state index < -0.39 is 10.6 Å². The summed E-state index contributed by atoms with van der Waals surface area (Å²) in [6.45, 7) is 0. The fraction of sp³-hybridized carbons (Fsp3) is 0.143. The topological polar surface area (TPSA) is 40.5 Å². The van der Waals surface area contributed by atoms with Crippen molar-refractivity contribution in [2.45, 2.75) is 4.90 Å². The molecule has 0 fully saturated rings.